The first kappa shape index (κ1) is 24.0. The van der Waals surface area contributed by atoms with Crippen molar-refractivity contribution >= 4 is 26.5 Å². The van der Waals surface area contributed by atoms with Crippen LogP contribution in [0, 0.1) is 0 Å². The van der Waals surface area contributed by atoms with Gasteiger partial charge in [0.1, 0.15) is 5.82 Å². The fourth-order valence-electron chi connectivity index (χ4n) is 3.39. The van der Waals surface area contributed by atoms with Gasteiger partial charge >= 0.3 is 0 Å². The Kier molecular flexibility index (Phi) is 8.37. The highest BCUT2D eigenvalue weighted by Gasteiger charge is 2.23. The number of likely N-dealkylation sites (N-methyl/N-ethyl adjacent to an activating group) is 1. The van der Waals surface area contributed by atoms with E-state index in [1.807, 2.05) is 19.4 Å². The fourth-order valence-corrected chi connectivity index (χ4v) is 4.35. The molecule has 0 spiro atoms. The minimum Gasteiger partial charge on any atom is -0.377 e. The lowest BCUT2D eigenvalue weighted by molar-refractivity contribution is 0.0188. The van der Waals surface area contributed by atoms with Gasteiger partial charge in [0, 0.05) is 50.5 Å². The average Bonchev–Trinajstić information content (AvgIpc) is 3.09. The summed E-state index contributed by atoms with van der Waals surface area (Å²) in [5, 5.41) is 0. The Morgan fingerprint density at radius 2 is 2.07 bits per heavy atom. The second-order valence-corrected chi connectivity index (χ2v) is 13.8. The predicted molar refractivity (Wildman–Crippen MR) is 131 cm³/mol. The number of imidazole rings is 1. The summed E-state index contributed by atoms with van der Waals surface area (Å²) >= 11 is 4.91. The van der Waals surface area contributed by atoms with Crippen molar-refractivity contribution in [2.24, 2.45) is 7.05 Å². The summed E-state index contributed by atoms with van der Waals surface area (Å²) in [6, 6.07) is 0.324. The Morgan fingerprint density at radius 1 is 1.38 bits per heavy atom. The van der Waals surface area contributed by atoms with Crippen molar-refractivity contribution in [1.29, 1.82) is 0 Å². The van der Waals surface area contributed by atoms with Gasteiger partial charge < -0.3 is 18.5 Å². The lowest BCUT2D eigenvalue weighted by atomic mass is 10.1. The summed E-state index contributed by atoms with van der Waals surface area (Å²) in [5.41, 5.74) is 4.97. The predicted octanol–water partition coefficient (Wildman–Crippen LogP) is 4.87. The molecule has 164 valence electrons. The smallest absolute Gasteiger partial charge is 0.135 e. The van der Waals surface area contributed by atoms with Crippen LogP contribution in [0.15, 0.2) is 41.5 Å². The maximum atomic E-state index is 5.70. The van der Waals surface area contributed by atoms with Crippen molar-refractivity contribution < 1.29 is 4.74 Å². The summed E-state index contributed by atoms with van der Waals surface area (Å²) in [6.07, 6.45) is 13.9. The molecule has 0 radical (unpaired) electrons. The van der Waals surface area contributed by atoms with Crippen LogP contribution < -0.4 is 0 Å². The summed E-state index contributed by atoms with van der Waals surface area (Å²) in [7, 11) is 3.01. The second kappa shape index (κ2) is 10.1. The van der Waals surface area contributed by atoms with Gasteiger partial charge in [-0.25, -0.2) is 4.98 Å². The summed E-state index contributed by atoms with van der Waals surface area (Å²) < 4.78 is 10.1. The zero-order valence-electron chi connectivity index (χ0n) is 19.3. The van der Waals surface area contributed by atoms with E-state index in [1.54, 1.807) is 0 Å². The third-order valence-corrected chi connectivity index (χ3v) is 7.77. The molecule has 1 saturated heterocycles. The minimum absolute atomic E-state index is 0.324. The molecule has 1 aliphatic heterocycles. The van der Waals surface area contributed by atoms with Crippen LogP contribution in [0.25, 0.3) is 5.57 Å². The first-order chi connectivity index (χ1) is 13.6. The van der Waals surface area contributed by atoms with E-state index in [9.17, 15) is 0 Å². The highest BCUT2D eigenvalue weighted by atomic mass is 33.1. The van der Waals surface area contributed by atoms with Gasteiger partial charge in [-0.15, -0.1) is 20.9 Å². The minimum atomic E-state index is -1.18. The van der Waals surface area contributed by atoms with Gasteiger partial charge in [0.15, 0.2) is 0 Å². The van der Waals surface area contributed by atoms with Crippen LogP contribution in [0.1, 0.15) is 39.9 Å². The molecule has 2 heterocycles. The molecule has 0 amide bonds. The van der Waals surface area contributed by atoms with E-state index in [-0.39, 0.29) is 0 Å². The Balaban J connectivity index is 2.59. The molecule has 2 rings (SSSR count). The Bertz CT molecular complexity index is 789. The van der Waals surface area contributed by atoms with Crippen LogP contribution in [-0.2, 0) is 11.8 Å². The summed E-state index contributed by atoms with van der Waals surface area (Å²) in [5.74, 6) is 0.989. The third-order valence-electron chi connectivity index (χ3n) is 5.50. The molecule has 0 bridgehead atoms. The molecule has 1 fully saturated rings. The van der Waals surface area contributed by atoms with Gasteiger partial charge in [-0.2, -0.15) is 0 Å². The number of nitrogens with zero attached hydrogens (tertiary/aromatic N) is 4. The van der Waals surface area contributed by atoms with Crippen molar-refractivity contribution in [3.8, 4) is 0 Å². The molecule has 7 heteroatoms. The number of aryl methyl sites for hydroxylation is 1. The topological polar surface area (TPSA) is 33.5 Å². The molecule has 5 nitrogen and oxygen atoms in total. The van der Waals surface area contributed by atoms with Crippen LogP contribution in [0.4, 0.5) is 0 Å². The first-order valence-corrected chi connectivity index (χ1v) is 13.6. The van der Waals surface area contributed by atoms with Gasteiger partial charge in [0.25, 0.3) is 0 Å². The zero-order chi connectivity index (χ0) is 21.8. The van der Waals surface area contributed by atoms with Gasteiger partial charge in [-0.1, -0.05) is 6.92 Å². The number of rotatable bonds is 7. The van der Waals surface area contributed by atoms with Crippen molar-refractivity contribution in [3.63, 3.8) is 0 Å². The summed E-state index contributed by atoms with van der Waals surface area (Å²) in [6.45, 7) is 11.2. The molecule has 1 aromatic rings. The molecule has 1 aliphatic rings. The Morgan fingerprint density at radius 3 is 2.59 bits per heavy atom. The van der Waals surface area contributed by atoms with E-state index >= 15 is 0 Å². The van der Waals surface area contributed by atoms with Gasteiger partial charge in [-0.3, -0.25) is 0 Å². The monoisotopic (exact) mass is 438 g/mol. The maximum Gasteiger partial charge on any atom is 0.135 e. The first-order valence-electron chi connectivity index (χ1n) is 10.2. The molecular weight excluding hydrogens is 400 g/mol. The van der Waals surface area contributed by atoms with Gasteiger partial charge in [-0.05, 0) is 63.0 Å². The molecule has 0 saturated carbocycles. The standard InChI is InChI=1S/C22H38N4OS2/c1-9-17(2)21(25(6)29(7,8)28)15-20(26-12-13-27-16-19(26)4)14-18(3)22-23-10-11-24(22)5/h10-11,14-15,19,28H,9,12-13,16H2,1-8H3/b18-14+,20-15+,21-17+. The van der Waals surface area contributed by atoms with E-state index in [1.165, 1.54) is 17.0 Å². The van der Waals surface area contributed by atoms with E-state index < -0.39 is 9.25 Å². The van der Waals surface area contributed by atoms with Crippen LogP contribution >= 0.6 is 20.9 Å². The van der Waals surface area contributed by atoms with Gasteiger partial charge in [0.05, 0.1) is 13.2 Å². The molecule has 29 heavy (non-hydrogen) atoms. The number of thiol groups is 1. The van der Waals surface area contributed by atoms with E-state index in [0.717, 1.165) is 37.6 Å². The summed E-state index contributed by atoms with van der Waals surface area (Å²) in [4.78, 5) is 6.98. The molecular formula is C22H38N4OS2. The van der Waals surface area contributed by atoms with Gasteiger partial charge in [0.2, 0.25) is 0 Å². The van der Waals surface area contributed by atoms with Crippen LogP contribution in [0.5, 0.6) is 0 Å². The lowest BCUT2D eigenvalue weighted by Crippen LogP contribution is -2.42. The number of hydrogen-bond donors (Lipinski definition) is 1. The molecule has 1 unspecified atom stereocenters. The van der Waals surface area contributed by atoms with Crippen molar-refractivity contribution in [2.75, 3.05) is 39.3 Å². The SMILES string of the molecule is CC\C(C)=C(/C=C(\C=C(/C)c1nccn1C)N1CCOCC1C)N(C)S(C)(C)S. The highest BCUT2D eigenvalue weighted by molar-refractivity contribution is 8.86. The number of allylic oxidation sites excluding steroid dienone is 4. The lowest BCUT2D eigenvalue weighted by Gasteiger charge is -2.41. The third kappa shape index (κ3) is 6.09. The maximum absolute atomic E-state index is 5.70. The van der Waals surface area contributed by atoms with Crippen LogP contribution in [0.2, 0.25) is 0 Å². The van der Waals surface area contributed by atoms with Crippen LogP contribution in [-0.4, -0.2) is 64.1 Å². The number of hydrogen-bond acceptors (Lipinski definition) is 5. The number of aromatic nitrogens is 2. The van der Waals surface area contributed by atoms with Crippen molar-refractivity contribution in [1.82, 2.24) is 18.8 Å². The molecule has 1 atom stereocenters. The zero-order valence-corrected chi connectivity index (χ0v) is 21.0. The van der Waals surface area contributed by atoms with Crippen molar-refractivity contribution in [3.05, 3.63) is 47.3 Å². The van der Waals surface area contributed by atoms with E-state index in [0.29, 0.717) is 6.04 Å². The number of morpholine rings is 1. The highest BCUT2D eigenvalue weighted by Crippen LogP contribution is 2.50. The van der Waals surface area contributed by atoms with Crippen LogP contribution in [0.3, 0.4) is 0 Å². The Hall–Kier alpha value is -1.31. The second-order valence-electron chi connectivity index (χ2n) is 8.11. The van der Waals surface area contributed by atoms with E-state index in [2.05, 4.69) is 78.2 Å². The Labute approximate surface area is 183 Å². The van der Waals surface area contributed by atoms with Crippen molar-refractivity contribution in [2.45, 2.75) is 40.2 Å². The normalized spacial score (nSPS) is 20.6. The molecule has 0 aliphatic carbocycles. The quantitative estimate of drug-likeness (QED) is 0.374. The van der Waals surface area contributed by atoms with E-state index in [4.69, 9.17) is 16.4 Å². The fraction of sp³-hybridized carbons (Fsp3) is 0.591. The molecule has 1 aromatic heterocycles. The number of ether oxygens (including phenoxy) is 1. The molecule has 0 N–H and O–H groups in total. The largest absolute Gasteiger partial charge is 0.377 e. The average molecular weight is 439 g/mol. The molecule has 0 aromatic carbocycles.